The quantitative estimate of drug-likeness (QED) is 0.446. The fourth-order valence-corrected chi connectivity index (χ4v) is 4.87. The smallest absolute Gasteiger partial charge is 0.416 e. The van der Waals surface area contributed by atoms with Crippen LogP contribution in [0.1, 0.15) is 16.7 Å². The maximum atomic E-state index is 13.6. The van der Waals surface area contributed by atoms with Crippen molar-refractivity contribution in [2.75, 3.05) is 25.1 Å². The number of sulfonamides is 1. The van der Waals surface area contributed by atoms with E-state index in [1.54, 1.807) is 12.1 Å². The number of ether oxygens (including phenoxy) is 2. The van der Waals surface area contributed by atoms with Crippen molar-refractivity contribution in [3.8, 4) is 11.5 Å². The molecule has 0 atom stereocenters. The van der Waals surface area contributed by atoms with Gasteiger partial charge in [-0.2, -0.15) is 13.2 Å². The summed E-state index contributed by atoms with van der Waals surface area (Å²) in [6, 6.07) is 14.9. The van der Waals surface area contributed by atoms with Gasteiger partial charge in [-0.15, -0.1) is 0 Å². The summed E-state index contributed by atoms with van der Waals surface area (Å²) < 4.78 is 78.2. The zero-order valence-corrected chi connectivity index (χ0v) is 20.6. The van der Waals surface area contributed by atoms with Crippen molar-refractivity contribution in [2.24, 2.45) is 0 Å². The normalized spacial score (nSPS) is 11.6. The van der Waals surface area contributed by atoms with Crippen LogP contribution < -0.4 is 19.1 Å². The zero-order chi connectivity index (χ0) is 26.5. The first-order valence-corrected chi connectivity index (χ1v) is 12.1. The Hall–Kier alpha value is -3.73. The molecule has 0 bridgehead atoms. The number of benzene rings is 3. The molecule has 3 aromatic carbocycles. The summed E-state index contributed by atoms with van der Waals surface area (Å²) in [4.78, 5) is 12.5. The summed E-state index contributed by atoms with van der Waals surface area (Å²) in [5, 5.41) is 2.64. The third-order valence-corrected chi connectivity index (χ3v) is 7.20. The first kappa shape index (κ1) is 26.9. The first-order chi connectivity index (χ1) is 17.0. The van der Waals surface area contributed by atoms with Crippen LogP contribution in [-0.4, -0.2) is 35.1 Å². The molecule has 1 amide bonds. The summed E-state index contributed by atoms with van der Waals surface area (Å²) >= 11 is 0. The molecule has 0 unspecified atom stereocenters. The van der Waals surface area contributed by atoms with Gasteiger partial charge in [0, 0.05) is 12.6 Å². The molecule has 0 aromatic heterocycles. The fourth-order valence-electron chi connectivity index (χ4n) is 3.45. The molecule has 0 aliphatic heterocycles. The van der Waals surface area contributed by atoms with Crippen LogP contribution in [0.4, 0.5) is 18.9 Å². The van der Waals surface area contributed by atoms with E-state index in [1.165, 1.54) is 38.5 Å². The molecule has 0 fully saturated rings. The molecule has 7 nitrogen and oxygen atoms in total. The lowest BCUT2D eigenvalue weighted by atomic mass is 10.1. The minimum Gasteiger partial charge on any atom is -0.493 e. The van der Waals surface area contributed by atoms with E-state index in [2.05, 4.69) is 5.32 Å². The number of carbonyl (C=O) groups is 1. The van der Waals surface area contributed by atoms with Crippen LogP contribution in [0.3, 0.4) is 0 Å². The van der Waals surface area contributed by atoms with Crippen LogP contribution in [0.25, 0.3) is 0 Å². The number of rotatable bonds is 9. The molecule has 0 spiro atoms. The molecule has 36 heavy (non-hydrogen) atoms. The largest absolute Gasteiger partial charge is 0.493 e. The minimum atomic E-state index is -4.71. The Labute approximate surface area is 207 Å². The Morgan fingerprint density at radius 1 is 0.944 bits per heavy atom. The van der Waals surface area contributed by atoms with Crippen LogP contribution in [0.5, 0.6) is 11.5 Å². The van der Waals surface area contributed by atoms with Gasteiger partial charge in [-0.1, -0.05) is 30.3 Å². The summed E-state index contributed by atoms with van der Waals surface area (Å²) in [7, 11) is -1.80. The fraction of sp³-hybridized carbons (Fsp3) is 0.240. The molecular weight excluding hydrogens is 497 g/mol. The van der Waals surface area contributed by atoms with Crippen molar-refractivity contribution in [3.63, 3.8) is 0 Å². The second-order valence-electron chi connectivity index (χ2n) is 7.78. The molecule has 0 saturated carbocycles. The van der Waals surface area contributed by atoms with Gasteiger partial charge in [-0.3, -0.25) is 9.10 Å². The Bertz CT molecular complexity index is 1340. The topological polar surface area (TPSA) is 84.9 Å². The van der Waals surface area contributed by atoms with Crippen molar-refractivity contribution >= 4 is 21.6 Å². The predicted octanol–water partition coefficient (Wildman–Crippen LogP) is 4.54. The van der Waals surface area contributed by atoms with E-state index in [9.17, 15) is 26.4 Å². The van der Waals surface area contributed by atoms with Gasteiger partial charge in [-0.05, 0) is 48.4 Å². The van der Waals surface area contributed by atoms with Crippen molar-refractivity contribution in [2.45, 2.75) is 24.5 Å². The van der Waals surface area contributed by atoms with Crippen LogP contribution >= 0.6 is 0 Å². The highest BCUT2D eigenvalue weighted by Crippen LogP contribution is 2.35. The maximum Gasteiger partial charge on any atom is 0.416 e. The lowest BCUT2D eigenvalue weighted by Crippen LogP contribution is -2.40. The molecule has 11 heteroatoms. The maximum absolute atomic E-state index is 13.6. The number of nitrogens with one attached hydrogen (secondary N) is 1. The van der Waals surface area contributed by atoms with Gasteiger partial charge in [0.15, 0.2) is 11.5 Å². The SMILES string of the molecule is COc1ccc(S(=O)(=O)N(CC(=O)NCc2ccccc2C)c2cccc(C(F)(F)F)c2)cc1OC. The summed E-state index contributed by atoms with van der Waals surface area (Å²) in [6.45, 7) is 1.24. The average molecular weight is 523 g/mol. The van der Waals surface area contributed by atoms with E-state index in [0.717, 1.165) is 23.3 Å². The molecule has 3 aromatic rings. The summed E-state index contributed by atoms with van der Waals surface area (Å²) in [5.74, 6) is -0.329. The predicted molar refractivity (Wildman–Crippen MR) is 129 cm³/mol. The first-order valence-electron chi connectivity index (χ1n) is 10.7. The molecule has 0 saturated heterocycles. The third kappa shape index (κ3) is 6.09. The van der Waals surface area contributed by atoms with Gasteiger partial charge in [0.2, 0.25) is 5.91 Å². The molecular formula is C25H25F3N2O5S. The standard InChI is InChI=1S/C25H25F3N2O5S/c1-17-7-4-5-8-18(17)15-29-24(31)16-30(20-10-6-9-19(13-20)25(26,27)28)36(32,33)21-11-12-22(34-2)23(14-21)35-3/h4-14H,15-16H2,1-3H3,(H,29,31). The highest BCUT2D eigenvalue weighted by Gasteiger charge is 2.33. The van der Waals surface area contributed by atoms with Crippen LogP contribution in [0, 0.1) is 6.92 Å². The molecule has 1 N–H and O–H groups in total. The number of alkyl halides is 3. The number of hydrogen-bond donors (Lipinski definition) is 1. The van der Waals surface area contributed by atoms with Crippen molar-refractivity contribution < 1.29 is 35.9 Å². The van der Waals surface area contributed by atoms with Gasteiger partial charge in [0.05, 0.1) is 30.4 Å². The van der Waals surface area contributed by atoms with Gasteiger partial charge >= 0.3 is 6.18 Å². The third-order valence-electron chi connectivity index (χ3n) is 5.43. The molecule has 0 aliphatic rings. The highest BCUT2D eigenvalue weighted by atomic mass is 32.2. The Morgan fingerprint density at radius 2 is 1.64 bits per heavy atom. The zero-order valence-electron chi connectivity index (χ0n) is 19.8. The van der Waals surface area contributed by atoms with Gasteiger partial charge < -0.3 is 14.8 Å². The van der Waals surface area contributed by atoms with E-state index < -0.39 is 34.2 Å². The number of hydrogen-bond acceptors (Lipinski definition) is 5. The number of amides is 1. The Morgan fingerprint density at radius 3 is 2.28 bits per heavy atom. The van der Waals surface area contributed by atoms with E-state index in [4.69, 9.17) is 9.47 Å². The molecule has 0 heterocycles. The van der Waals surface area contributed by atoms with Crippen molar-refractivity contribution in [3.05, 3.63) is 83.4 Å². The van der Waals surface area contributed by atoms with Gasteiger partial charge in [0.1, 0.15) is 6.54 Å². The van der Waals surface area contributed by atoms with Crippen molar-refractivity contribution in [1.29, 1.82) is 0 Å². The number of methoxy groups -OCH3 is 2. The van der Waals surface area contributed by atoms with Crippen LogP contribution in [0.15, 0.2) is 71.6 Å². The van der Waals surface area contributed by atoms with Gasteiger partial charge in [0.25, 0.3) is 10.0 Å². The number of carbonyl (C=O) groups excluding carboxylic acids is 1. The number of anilines is 1. The lowest BCUT2D eigenvalue weighted by Gasteiger charge is -2.25. The van der Waals surface area contributed by atoms with Crippen LogP contribution in [-0.2, 0) is 27.5 Å². The molecule has 3 rings (SSSR count). The second-order valence-corrected chi connectivity index (χ2v) is 9.64. The monoisotopic (exact) mass is 522 g/mol. The molecule has 0 aliphatic carbocycles. The van der Waals surface area contributed by atoms with Gasteiger partial charge in [-0.25, -0.2) is 8.42 Å². The Kier molecular flexibility index (Phi) is 8.13. The lowest BCUT2D eigenvalue weighted by molar-refractivity contribution is -0.137. The molecule has 192 valence electrons. The molecule has 0 radical (unpaired) electrons. The number of nitrogens with zero attached hydrogens (tertiary/aromatic N) is 1. The van der Waals surface area contributed by atoms with E-state index in [0.29, 0.717) is 10.4 Å². The average Bonchev–Trinajstić information content (AvgIpc) is 2.85. The summed E-state index contributed by atoms with van der Waals surface area (Å²) in [6.07, 6.45) is -4.71. The Balaban J connectivity index is 2.00. The van der Waals surface area contributed by atoms with E-state index >= 15 is 0 Å². The highest BCUT2D eigenvalue weighted by molar-refractivity contribution is 7.92. The summed E-state index contributed by atoms with van der Waals surface area (Å²) in [5.41, 5.74) is 0.378. The van der Waals surface area contributed by atoms with E-state index in [-0.39, 0.29) is 28.6 Å². The van der Waals surface area contributed by atoms with Crippen LogP contribution in [0.2, 0.25) is 0 Å². The second kappa shape index (κ2) is 10.9. The number of halogens is 3. The minimum absolute atomic E-state index is 0.103. The van der Waals surface area contributed by atoms with Crippen molar-refractivity contribution in [1.82, 2.24) is 5.32 Å². The van der Waals surface area contributed by atoms with E-state index in [1.807, 2.05) is 19.1 Å². The number of aryl methyl sites for hydroxylation is 1.